The number of allylic oxidation sites excluding steroid dienone is 8. The van der Waals surface area contributed by atoms with Gasteiger partial charge in [0, 0.05) is 12.8 Å². The minimum absolute atomic E-state index is 0.0928. The normalized spacial score (nSPS) is 12.6. The van der Waals surface area contributed by atoms with E-state index in [1.54, 1.807) is 0 Å². The zero-order valence-corrected chi connectivity index (χ0v) is 31.5. The first-order valence-corrected chi connectivity index (χ1v) is 20.2. The van der Waals surface area contributed by atoms with Gasteiger partial charge in [0.05, 0.1) is 6.61 Å². The Balaban J connectivity index is 3.63. The smallest absolute Gasteiger partial charge is 0.306 e. The molecule has 0 saturated carbocycles. The van der Waals surface area contributed by atoms with Crippen molar-refractivity contribution in [1.82, 2.24) is 0 Å². The minimum Gasteiger partial charge on any atom is -0.462 e. The Labute approximate surface area is 297 Å². The average molecular weight is 673 g/mol. The lowest BCUT2D eigenvalue weighted by atomic mass is 10.0. The van der Waals surface area contributed by atoms with E-state index in [1.165, 1.54) is 116 Å². The molecule has 0 aliphatic heterocycles. The molecule has 0 spiro atoms. The van der Waals surface area contributed by atoms with E-state index in [0.717, 1.165) is 44.9 Å². The molecule has 0 saturated heterocycles. The summed E-state index contributed by atoms with van der Waals surface area (Å²) in [6.45, 7) is 4.07. The zero-order chi connectivity index (χ0) is 35.0. The molecule has 0 radical (unpaired) electrons. The lowest BCUT2D eigenvalue weighted by molar-refractivity contribution is -0.161. The largest absolute Gasteiger partial charge is 0.462 e. The van der Waals surface area contributed by atoms with E-state index < -0.39 is 6.10 Å². The van der Waals surface area contributed by atoms with Crippen LogP contribution >= 0.6 is 0 Å². The van der Waals surface area contributed by atoms with Crippen LogP contribution in [0.1, 0.15) is 194 Å². The molecular formula is C43H76O5. The monoisotopic (exact) mass is 673 g/mol. The van der Waals surface area contributed by atoms with Crippen LogP contribution in [0.2, 0.25) is 0 Å². The van der Waals surface area contributed by atoms with Crippen molar-refractivity contribution in [2.75, 3.05) is 13.2 Å². The first kappa shape index (κ1) is 45.9. The van der Waals surface area contributed by atoms with E-state index >= 15 is 0 Å². The summed E-state index contributed by atoms with van der Waals surface area (Å²) < 4.78 is 10.6. The van der Waals surface area contributed by atoms with Crippen molar-refractivity contribution in [3.8, 4) is 0 Å². The molecule has 0 unspecified atom stereocenters. The molecule has 0 fully saturated rings. The number of rotatable bonds is 36. The predicted octanol–water partition coefficient (Wildman–Crippen LogP) is 12.6. The number of ether oxygens (including phenoxy) is 2. The van der Waals surface area contributed by atoms with Gasteiger partial charge in [-0.05, 0) is 51.4 Å². The fourth-order valence-corrected chi connectivity index (χ4v) is 5.55. The zero-order valence-electron chi connectivity index (χ0n) is 31.5. The molecule has 48 heavy (non-hydrogen) atoms. The number of aliphatic hydroxyl groups is 1. The van der Waals surface area contributed by atoms with Crippen LogP contribution in [0.15, 0.2) is 48.6 Å². The SMILES string of the molecule is CCCCCC=CCC=CCC=CCC=CCCCC(=O)OC[C@H](CO)OC(=O)CCCCCCCCCCCCCCCCCCC. The number of hydrogen-bond acceptors (Lipinski definition) is 5. The molecule has 0 bridgehead atoms. The molecule has 0 aromatic rings. The molecule has 5 nitrogen and oxygen atoms in total. The van der Waals surface area contributed by atoms with Crippen molar-refractivity contribution in [1.29, 1.82) is 0 Å². The maximum absolute atomic E-state index is 12.2. The molecule has 0 amide bonds. The second kappa shape index (κ2) is 39.3. The second-order valence-electron chi connectivity index (χ2n) is 13.4. The molecule has 278 valence electrons. The summed E-state index contributed by atoms with van der Waals surface area (Å²) in [5.41, 5.74) is 0. The standard InChI is InChI=1S/C43H76O5/c1-3-5-7-9-11-13-15-17-19-21-23-25-27-29-31-33-35-37-42(45)47-40-41(39-44)48-43(46)38-36-34-32-30-28-26-24-22-20-18-16-14-12-10-8-6-4-2/h11,13,17,19,23,25,29,31,41,44H,3-10,12,14-16,18,20-22,24,26-28,30,32-40H2,1-2H3/t41-/m0/s1. The summed E-state index contributed by atoms with van der Waals surface area (Å²) in [5.74, 6) is -0.653. The lowest BCUT2D eigenvalue weighted by Gasteiger charge is -2.15. The van der Waals surface area contributed by atoms with Crippen molar-refractivity contribution in [2.45, 2.75) is 200 Å². The fourth-order valence-electron chi connectivity index (χ4n) is 5.55. The van der Waals surface area contributed by atoms with Gasteiger partial charge in [-0.15, -0.1) is 0 Å². The maximum atomic E-state index is 12.2. The van der Waals surface area contributed by atoms with Crippen LogP contribution in [-0.4, -0.2) is 36.4 Å². The van der Waals surface area contributed by atoms with Crippen molar-refractivity contribution in [3.05, 3.63) is 48.6 Å². The number of hydrogen-bond donors (Lipinski definition) is 1. The quantitative estimate of drug-likeness (QED) is 0.0407. The molecule has 1 N–H and O–H groups in total. The maximum Gasteiger partial charge on any atom is 0.306 e. The van der Waals surface area contributed by atoms with E-state index in [-0.39, 0.29) is 25.2 Å². The summed E-state index contributed by atoms with van der Waals surface area (Å²) in [6.07, 6.45) is 48.9. The van der Waals surface area contributed by atoms with Gasteiger partial charge in [-0.25, -0.2) is 0 Å². The number of unbranched alkanes of at least 4 members (excludes halogenated alkanes) is 20. The van der Waals surface area contributed by atoms with Gasteiger partial charge in [0.2, 0.25) is 0 Å². The highest BCUT2D eigenvalue weighted by Crippen LogP contribution is 2.15. The Morgan fingerprint density at radius 3 is 1.31 bits per heavy atom. The summed E-state index contributed by atoms with van der Waals surface area (Å²) in [4.78, 5) is 24.2. The van der Waals surface area contributed by atoms with E-state index in [4.69, 9.17) is 9.47 Å². The van der Waals surface area contributed by atoms with E-state index in [0.29, 0.717) is 19.3 Å². The topological polar surface area (TPSA) is 72.8 Å². The lowest BCUT2D eigenvalue weighted by Crippen LogP contribution is -2.28. The van der Waals surface area contributed by atoms with Gasteiger partial charge >= 0.3 is 11.9 Å². The summed E-state index contributed by atoms with van der Waals surface area (Å²) in [6, 6.07) is 0. The molecule has 1 atom stereocenters. The fraction of sp³-hybridized carbons (Fsp3) is 0.767. The van der Waals surface area contributed by atoms with Crippen molar-refractivity contribution < 1.29 is 24.2 Å². The molecule has 0 aliphatic carbocycles. The highest BCUT2D eigenvalue weighted by atomic mass is 16.6. The van der Waals surface area contributed by atoms with Crippen molar-refractivity contribution >= 4 is 11.9 Å². The van der Waals surface area contributed by atoms with Gasteiger partial charge in [0.25, 0.3) is 0 Å². The number of esters is 2. The van der Waals surface area contributed by atoms with E-state index in [9.17, 15) is 14.7 Å². The number of carbonyl (C=O) groups is 2. The van der Waals surface area contributed by atoms with Gasteiger partial charge in [-0.3, -0.25) is 9.59 Å². The molecular weight excluding hydrogens is 596 g/mol. The van der Waals surface area contributed by atoms with E-state index in [2.05, 4.69) is 62.5 Å². The third kappa shape index (κ3) is 36.7. The van der Waals surface area contributed by atoms with Gasteiger partial charge in [0.15, 0.2) is 6.10 Å². The Morgan fingerprint density at radius 2 is 0.854 bits per heavy atom. The summed E-state index contributed by atoms with van der Waals surface area (Å²) in [5, 5.41) is 9.55. The number of carbonyl (C=O) groups excluding carboxylic acids is 2. The van der Waals surface area contributed by atoms with E-state index in [1.807, 2.05) is 0 Å². The van der Waals surface area contributed by atoms with Crippen LogP contribution in [-0.2, 0) is 19.1 Å². The Bertz CT molecular complexity index is 812. The van der Waals surface area contributed by atoms with Crippen LogP contribution in [0.3, 0.4) is 0 Å². The first-order chi connectivity index (χ1) is 23.6. The Hall–Kier alpha value is -2.14. The van der Waals surface area contributed by atoms with Crippen LogP contribution in [0.5, 0.6) is 0 Å². The van der Waals surface area contributed by atoms with Gasteiger partial charge in [-0.2, -0.15) is 0 Å². The number of aliphatic hydroxyl groups excluding tert-OH is 1. The minimum atomic E-state index is -0.791. The molecule has 0 aromatic carbocycles. The van der Waals surface area contributed by atoms with Gasteiger partial charge in [0.1, 0.15) is 6.61 Å². The van der Waals surface area contributed by atoms with Crippen molar-refractivity contribution in [2.24, 2.45) is 0 Å². The molecule has 0 aliphatic rings. The van der Waals surface area contributed by atoms with Crippen LogP contribution in [0, 0.1) is 0 Å². The van der Waals surface area contributed by atoms with Crippen LogP contribution in [0.4, 0.5) is 0 Å². The Morgan fingerprint density at radius 1 is 0.479 bits per heavy atom. The summed E-state index contributed by atoms with van der Waals surface area (Å²) >= 11 is 0. The average Bonchev–Trinajstić information content (AvgIpc) is 3.09. The highest BCUT2D eigenvalue weighted by molar-refractivity contribution is 5.70. The van der Waals surface area contributed by atoms with Gasteiger partial charge < -0.3 is 14.6 Å². The first-order valence-electron chi connectivity index (χ1n) is 20.2. The molecule has 0 aromatic heterocycles. The third-order valence-corrected chi connectivity index (χ3v) is 8.63. The Kier molecular flexibility index (Phi) is 37.5. The third-order valence-electron chi connectivity index (χ3n) is 8.63. The predicted molar refractivity (Wildman–Crippen MR) is 205 cm³/mol. The second-order valence-corrected chi connectivity index (χ2v) is 13.4. The summed E-state index contributed by atoms with van der Waals surface area (Å²) in [7, 11) is 0. The van der Waals surface area contributed by atoms with Crippen LogP contribution in [0.25, 0.3) is 0 Å². The molecule has 5 heteroatoms. The van der Waals surface area contributed by atoms with Crippen molar-refractivity contribution in [3.63, 3.8) is 0 Å². The van der Waals surface area contributed by atoms with Crippen LogP contribution < -0.4 is 0 Å². The van der Waals surface area contributed by atoms with Gasteiger partial charge in [-0.1, -0.05) is 178 Å². The highest BCUT2D eigenvalue weighted by Gasteiger charge is 2.16. The molecule has 0 heterocycles. The molecule has 0 rings (SSSR count).